The maximum atomic E-state index is 11.3. The quantitative estimate of drug-likeness (QED) is 0.483. The number of likely N-dealkylation sites (tertiary alicyclic amines) is 1. The molecular weight excluding hydrogens is 228 g/mol. The van der Waals surface area contributed by atoms with Crippen molar-refractivity contribution < 1.29 is 23.9 Å². The van der Waals surface area contributed by atoms with Crippen LogP contribution in [0.2, 0.25) is 0 Å². The Morgan fingerprint density at radius 2 is 1.88 bits per heavy atom. The van der Waals surface area contributed by atoms with Crippen molar-refractivity contribution in [3.05, 3.63) is 0 Å². The summed E-state index contributed by atoms with van der Waals surface area (Å²) in [6.45, 7) is -0.151. The van der Waals surface area contributed by atoms with Gasteiger partial charge in [0, 0.05) is 25.8 Å². The summed E-state index contributed by atoms with van der Waals surface area (Å²) >= 11 is 0. The summed E-state index contributed by atoms with van der Waals surface area (Å²) in [5, 5.41) is 2.32. The van der Waals surface area contributed by atoms with Gasteiger partial charge in [-0.3, -0.25) is 24.1 Å². The molecule has 0 atom stereocenters. The van der Waals surface area contributed by atoms with Crippen LogP contribution in [0.15, 0.2) is 0 Å². The SMILES string of the molecule is COC(=O)CNC(=O)CCN1C(=O)CCC1=O. The zero-order valence-corrected chi connectivity index (χ0v) is 9.52. The van der Waals surface area contributed by atoms with E-state index in [9.17, 15) is 19.2 Å². The Morgan fingerprint density at radius 3 is 2.41 bits per heavy atom. The van der Waals surface area contributed by atoms with Crippen LogP contribution in [0.25, 0.3) is 0 Å². The summed E-state index contributed by atoms with van der Waals surface area (Å²) < 4.78 is 4.34. The fourth-order valence-corrected chi connectivity index (χ4v) is 1.42. The molecule has 1 fully saturated rings. The van der Waals surface area contributed by atoms with E-state index in [1.54, 1.807) is 0 Å². The van der Waals surface area contributed by atoms with E-state index in [2.05, 4.69) is 10.1 Å². The van der Waals surface area contributed by atoms with E-state index in [4.69, 9.17) is 0 Å². The van der Waals surface area contributed by atoms with E-state index >= 15 is 0 Å². The van der Waals surface area contributed by atoms with Gasteiger partial charge in [-0.15, -0.1) is 0 Å². The van der Waals surface area contributed by atoms with Gasteiger partial charge in [0.25, 0.3) is 0 Å². The molecule has 7 nitrogen and oxygen atoms in total. The lowest BCUT2D eigenvalue weighted by molar-refractivity contribution is -0.142. The Labute approximate surface area is 98.1 Å². The number of carbonyl (C=O) groups excluding carboxylic acids is 4. The van der Waals surface area contributed by atoms with Crippen molar-refractivity contribution in [2.45, 2.75) is 19.3 Å². The normalized spacial score (nSPS) is 15.0. The molecular formula is C10H14N2O5. The van der Waals surface area contributed by atoms with Crippen LogP contribution >= 0.6 is 0 Å². The summed E-state index contributed by atoms with van der Waals surface area (Å²) in [4.78, 5) is 45.5. The number of carbonyl (C=O) groups is 4. The standard InChI is InChI=1S/C10H14N2O5/c1-17-10(16)6-11-7(13)4-5-12-8(14)2-3-9(12)15/h2-6H2,1H3,(H,11,13). The first-order chi connectivity index (χ1) is 8.04. The minimum absolute atomic E-state index is 0.00548. The maximum Gasteiger partial charge on any atom is 0.325 e. The highest BCUT2D eigenvalue weighted by atomic mass is 16.5. The Balaban J connectivity index is 2.26. The molecule has 0 aliphatic carbocycles. The predicted octanol–water partition coefficient (Wildman–Crippen LogP) is -1.19. The molecule has 1 saturated heterocycles. The zero-order chi connectivity index (χ0) is 12.8. The number of rotatable bonds is 5. The third-order valence-corrected chi connectivity index (χ3v) is 2.37. The molecule has 17 heavy (non-hydrogen) atoms. The number of methoxy groups -OCH3 is 1. The number of hydrogen-bond acceptors (Lipinski definition) is 5. The fraction of sp³-hybridized carbons (Fsp3) is 0.600. The van der Waals surface area contributed by atoms with Crippen LogP contribution in [0.4, 0.5) is 0 Å². The van der Waals surface area contributed by atoms with Gasteiger partial charge >= 0.3 is 5.97 Å². The highest BCUT2D eigenvalue weighted by molar-refractivity contribution is 6.02. The first-order valence-electron chi connectivity index (χ1n) is 5.21. The van der Waals surface area contributed by atoms with Crippen LogP contribution < -0.4 is 5.32 Å². The lowest BCUT2D eigenvalue weighted by Crippen LogP contribution is -2.35. The summed E-state index contributed by atoms with van der Waals surface area (Å²) in [5.41, 5.74) is 0. The number of esters is 1. The molecule has 0 aromatic rings. The summed E-state index contributed by atoms with van der Waals surface area (Å²) in [5.74, 6) is -1.46. The second-order valence-electron chi connectivity index (χ2n) is 3.54. The third-order valence-electron chi connectivity index (χ3n) is 2.37. The van der Waals surface area contributed by atoms with Crippen LogP contribution in [0.5, 0.6) is 0 Å². The van der Waals surface area contributed by atoms with Crippen molar-refractivity contribution in [2.24, 2.45) is 0 Å². The van der Waals surface area contributed by atoms with Crippen molar-refractivity contribution in [3.63, 3.8) is 0 Å². The Kier molecular flexibility index (Phi) is 4.62. The average molecular weight is 242 g/mol. The van der Waals surface area contributed by atoms with E-state index in [1.165, 1.54) is 7.11 Å². The minimum Gasteiger partial charge on any atom is -0.468 e. The molecule has 0 bridgehead atoms. The van der Waals surface area contributed by atoms with Gasteiger partial charge in [-0.25, -0.2) is 0 Å². The Morgan fingerprint density at radius 1 is 1.29 bits per heavy atom. The highest BCUT2D eigenvalue weighted by Gasteiger charge is 2.28. The third kappa shape index (κ3) is 3.86. The van der Waals surface area contributed by atoms with Crippen molar-refractivity contribution in [2.75, 3.05) is 20.2 Å². The van der Waals surface area contributed by atoms with Crippen molar-refractivity contribution in [1.82, 2.24) is 10.2 Å². The minimum atomic E-state index is -0.549. The van der Waals surface area contributed by atoms with Gasteiger partial charge in [0.15, 0.2) is 0 Å². The molecule has 7 heteroatoms. The number of nitrogens with one attached hydrogen (secondary N) is 1. The Hall–Kier alpha value is -1.92. The largest absolute Gasteiger partial charge is 0.468 e. The lowest BCUT2D eigenvalue weighted by Gasteiger charge is -2.12. The predicted molar refractivity (Wildman–Crippen MR) is 55.6 cm³/mol. The number of nitrogens with zero attached hydrogens (tertiary/aromatic N) is 1. The van der Waals surface area contributed by atoms with E-state index < -0.39 is 11.9 Å². The zero-order valence-electron chi connectivity index (χ0n) is 9.52. The van der Waals surface area contributed by atoms with Gasteiger partial charge in [0.2, 0.25) is 17.7 Å². The van der Waals surface area contributed by atoms with Crippen LogP contribution in [0, 0.1) is 0 Å². The van der Waals surface area contributed by atoms with E-state index in [-0.39, 0.29) is 44.2 Å². The van der Waals surface area contributed by atoms with Gasteiger partial charge in [0.1, 0.15) is 6.54 Å². The van der Waals surface area contributed by atoms with E-state index in [1.807, 2.05) is 0 Å². The van der Waals surface area contributed by atoms with Crippen molar-refractivity contribution >= 4 is 23.7 Å². The molecule has 1 aliphatic rings. The molecule has 0 aromatic heterocycles. The first kappa shape index (κ1) is 13.1. The number of hydrogen-bond donors (Lipinski definition) is 1. The summed E-state index contributed by atoms with van der Waals surface area (Å²) in [6.07, 6.45) is 0.416. The smallest absolute Gasteiger partial charge is 0.325 e. The second kappa shape index (κ2) is 5.97. The van der Waals surface area contributed by atoms with E-state index in [0.29, 0.717) is 0 Å². The molecule has 94 valence electrons. The molecule has 0 spiro atoms. The lowest BCUT2D eigenvalue weighted by atomic mass is 10.3. The number of imide groups is 1. The van der Waals surface area contributed by atoms with Crippen LogP contribution in [-0.4, -0.2) is 48.8 Å². The van der Waals surface area contributed by atoms with Crippen molar-refractivity contribution in [3.8, 4) is 0 Å². The molecule has 3 amide bonds. The summed E-state index contributed by atoms with van der Waals surface area (Å²) in [7, 11) is 1.22. The van der Waals surface area contributed by atoms with Crippen LogP contribution in [-0.2, 0) is 23.9 Å². The molecule has 0 saturated carbocycles. The average Bonchev–Trinajstić information content (AvgIpc) is 2.63. The van der Waals surface area contributed by atoms with Gasteiger partial charge in [-0.1, -0.05) is 0 Å². The van der Waals surface area contributed by atoms with Gasteiger partial charge in [-0.05, 0) is 0 Å². The van der Waals surface area contributed by atoms with E-state index in [0.717, 1.165) is 4.90 Å². The fourth-order valence-electron chi connectivity index (χ4n) is 1.42. The molecule has 0 unspecified atom stereocenters. The molecule has 1 N–H and O–H groups in total. The van der Waals surface area contributed by atoms with Gasteiger partial charge in [0.05, 0.1) is 7.11 Å². The molecule has 0 radical (unpaired) electrons. The van der Waals surface area contributed by atoms with Crippen molar-refractivity contribution in [1.29, 1.82) is 0 Å². The summed E-state index contributed by atoms with van der Waals surface area (Å²) in [6, 6.07) is 0. The second-order valence-corrected chi connectivity index (χ2v) is 3.54. The Bertz CT molecular complexity index is 337. The molecule has 1 heterocycles. The highest BCUT2D eigenvalue weighted by Crippen LogP contribution is 2.11. The topological polar surface area (TPSA) is 92.8 Å². The molecule has 1 aliphatic heterocycles. The van der Waals surface area contributed by atoms with Crippen LogP contribution in [0.1, 0.15) is 19.3 Å². The monoisotopic (exact) mass is 242 g/mol. The first-order valence-corrected chi connectivity index (χ1v) is 5.21. The molecule has 0 aromatic carbocycles. The molecule has 1 rings (SSSR count). The van der Waals surface area contributed by atoms with Gasteiger partial charge < -0.3 is 10.1 Å². The number of ether oxygens (including phenoxy) is 1. The van der Waals surface area contributed by atoms with Crippen LogP contribution in [0.3, 0.4) is 0 Å². The maximum absolute atomic E-state index is 11.3. The van der Waals surface area contributed by atoms with Gasteiger partial charge in [-0.2, -0.15) is 0 Å². The number of amides is 3.